The number of aromatic nitrogens is 3. The summed E-state index contributed by atoms with van der Waals surface area (Å²) in [6, 6.07) is 7.53. The van der Waals surface area contributed by atoms with Gasteiger partial charge in [-0.15, -0.1) is 0 Å². The topological polar surface area (TPSA) is 110 Å². The van der Waals surface area contributed by atoms with Gasteiger partial charge in [-0.1, -0.05) is 29.4 Å². The Balaban J connectivity index is 1.53. The van der Waals surface area contributed by atoms with Crippen molar-refractivity contribution in [3.63, 3.8) is 0 Å². The van der Waals surface area contributed by atoms with Gasteiger partial charge in [-0.25, -0.2) is 8.42 Å². The summed E-state index contributed by atoms with van der Waals surface area (Å²) in [5, 5.41) is 3.78. The molecule has 1 fully saturated rings. The molecule has 1 unspecified atom stereocenters. The van der Waals surface area contributed by atoms with E-state index in [1.165, 1.54) is 4.31 Å². The minimum atomic E-state index is -3.72. The van der Waals surface area contributed by atoms with Crippen LogP contribution in [0.25, 0.3) is 0 Å². The van der Waals surface area contributed by atoms with Gasteiger partial charge in [0.15, 0.2) is 5.76 Å². The zero-order valence-electron chi connectivity index (χ0n) is 19.8. The Morgan fingerprint density at radius 2 is 1.85 bits per heavy atom. The lowest BCUT2D eigenvalue weighted by atomic mass is 9.93. The molecule has 3 aromatic rings. The molecule has 10 heteroatoms. The number of sulfonamides is 1. The third-order valence-electron chi connectivity index (χ3n) is 6.45. The molecule has 0 spiro atoms. The summed E-state index contributed by atoms with van der Waals surface area (Å²) in [4.78, 5) is 24.1. The van der Waals surface area contributed by atoms with Crippen LogP contribution in [0.3, 0.4) is 0 Å². The van der Waals surface area contributed by atoms with Crippen molar-refractivity contribution >= 4 is 15.9 Å². The number of carbonyl (C=O) groups excluding carboxylic acids is 1. The van der Waals surface area contributed by atoms with Gasteiger partial charge in [0.25, 0.3) is 0 Å². The molecule has 3 heterocycles. The van der Waals surface area contributed by atoms with Crippen molar-refractivity contribution in [2.75, 3.05) is 20.1 Å². The predicted molar refractivity (Wildman–Crippen MR) is 125 cm³/mol. The van der Waals surface area contributed by atoms with Crippen molar-refractivity contribution < 1.29 is 17.7 Å². The highest BCUT2D eigenvalue weighted by Gasteiger charge is 2.37. The van der Waals surface area contributed by atoms with Crippen LogP contribution in [0.4, 0.5) is 0 Å². The van der Waals surface area contributed by atoms with E-state index < -0.39 is 10.0 Å². The largest absolute Gasteiger partial charge is 0.360 e. The standard InChI is InChI=1S/C24H29N5O4S/c1-16-7-5-6-8-20(16)22(21-15-25-11-12-26-21)28(4)24(30)19-9-13-29(14-10-19)34(31,32)23-17(2)27-33-18(23)3/h5-8,11-12,15,19,22H,9-10,13-14H2,1-4H3. The third kappa shape index (κ3) is 4.47. The summed E-state index contributed by atoms with van der Waals surface area (Å²) in [7, 11) is -1.94. The first-order valence-corrected chi connectivity index (χ1v) is 12.7. The summed E-state index contributed by atoms with van der Waals surface area (Å²) in [5.74, 6) is -0.0434. The van der Waals surface area contributed by atoms with Crippen LogP contribution in [0.2, 0.25) is 0 Å². The van der Waals surface area contributed by atoms with Crippen molar-refractivity contribution in [3.05, 3.63) is 71.1 Å². The van der Waals surface area contributed by atoms with E-state index in [4.69, 9.17) is 4.52 Å². The number of nitrogens with zero attached hydrogens (tertiary/aromatic N) is 5. The molecule has 4 rings (SSSR count). The lowest BCUT2D eigenvalue weighted by Crippen LogP contribution is -2.44. The van der Waals surface area contributed by atoms with Crippen molar-refractivity contribution in [1.82, 2.24) is 24.3 Å². The second-order valence-electron chi connectivity index (χ2n) is 8.67. The molecule has 34 heavy (non-hydrogen) atoms. The van der Waals surface area contributed by atoms with Gasteiger partial charge in [-0.3, -0.25) is 14.8 Å². The molecule has 0 N–H and O–H groups in total. The molecule has 1 aromatic carbocycles. The van der Waals surface area contributed by atoms with E-state index in [0.717, 1.165) is 11.1 Å². The molecule has 1 amide bonds. The Kier molecular flexibility index (Phi) is 6.81. The van der Waals surface area contributed by atoms with Crippen molar-refractivity contribution in [3.8, 4) is 0 Å². The monoisotopic (exact) mass is 483 g/mol. The van der Waals surface area contributed by atoms with Crippen LogP contribution in [0.15, 0.2) is 52.3 Å². The second kappa shape index (κ2) is 9.63. The van der Waals surface area contributed by atoms with Crippen LogP contribution in [-0.4, -0.2) is 58.8 Å². The molecule has 0 saturated carbocycles. The molecule has 1 saturated heterocycles. The molecule has 9 nitrogen and oxygen atoms in total. The van der Waals surface area contributed by atoms with E-state index in [9.17, 15) is 13.2 Å². The van der Waals surface area contributed by atoms with Gasteiger partial charge in [0.2, 0.25) is 15.9 Å². The van der Waals surface area contributed by atoms with Crippen LogP contribution in [-0.2, 0) is 14.8 Å². The highest BCUT2D eigenvalue weighted by molar-refractivity contribution is 7.89. The summed E-state index contributed by atoms with van der Waals surface area (Å²) >= 11 is 0. The maximum absolute atomic E-state index is 13.6. The zero-order valence-corrected chi connectivity index (χ0v) is 20.6. The summed E-state index contributed by atoms with van der Waals surface area (Å²) in [6.07, 6.45) is 5.78. The first-order chi connectivity index (χ1) is 16.2. The number of carbonyl (C=O) groups is 1. The van der Waals surface area contributed by atoms with Gasteiger partial charge < -0.3 is 9.42 Å². The number of piperidine rings is 1. The third-order valence-corrected chi connectivity index (χ3v) is 8.59. The predicted octanol–water partition coefficient (Wildman–Crippen LogP) is 3.04. The van der Waals surface area contributed by atoms with E-state index in [-0.39, 0.29) is 41.6 Å². The fraction of sp³-hybridized carbons (Fsp3) is 0.417. The van der Waals surface area contributed by atoms with E-state index in [1.807, 2.05) is 31.2 Å². The molecule has 0 radical (unpaired) electrons. The van der Waals surface area contributed by atoms with E-state index >= 15 is 0 Å². The van der Waals surface area contributed by atoms with Crippen LogP contribution in [0.1, 0.15) is 47.2 Å². The second-order valence-corrected chi connectivity index (χ2v) is 10.5. The number of rotatable bonds is 6. The van der Waals surface area contributed by atoms with Crippen molar-refractivity contribution in [2.45, 2.75) is 44.6 Å². The molecular weight excluding hydrogens is 454 g/mol. The number of hydrogen-bond donors (Lipinski definition) is 0. The molecule has 0 bridgehead atoms. The number of aryl methyl sites for hydroxylation is 3. The Bertz CT molecular complexity index is 1250. The smallest absolute Gasteiger partial charge is 0.248 e. The lowest BCUT2D eigenvalue weighted by molar-refractivity contribution is -0.137. The van der Waals surface area contributed by atoms with Crippen LogP contribution >= 0.6 is 0 Å². The first-order valence-electron chi connectivity index (χ1n) is 11.2. The Morgan fingerprint density at radius 3 is 2.44 bits per heavy atom. The van der Waals surface area contributed by atoms with Gasteiger partial charge in [-0.05, 0) is 44.7 Å². The van der Waals surface area contributed by atoms with Gasteiger partial charge in [0.1, 0.15) is 16.6 Å². The number of benzene rings is 1. The van der Waals surface area contributed by atoms with E-state index in [2.05, 4.69) is 15.1 Å². The molecule has 2 aromatic heterocycles. The fourth-order valence-electron chi connectivity index (χ4n) is 4.64. The highest BCUT2D eigenvalue weighted by atomic mass is 32.2. The minimum Gasteiger partial charge on any atom is -0.360 e. The molecule has 0 aliphatic carbocycles. The summed E-state index contributed by atoms with van der Waals surface area (Å²) in [6.45, 7) is 5.74. The van der Waals surface area contributed by atoms with Crippen LogP contribution < -0.4 is 0 Å². The maximum Gasteiger partial charge on any atom is 0.248 e. The maximum atomic E-state index is 13.6. The summed E-state index contributed by atoms with van der Waals surface area (Å²) < 4.78 is 32.7. The van der Waals surface area contributed by atoms with Gasteiger partial charge in [-0.2, -0.15) is 4.31 Å². The Labute approximate surface area is 199 Å². The molecular formula is C24H29N5O4S. The Morgan fingerprint density at radius 1 is 1.15 bits per heavy atom. The zero-order chi connectivity index (χ0) is 24.5. The molecule has 1 atom stereocenters. The molecule has 1 aliphatic rings. The number of amides is 1. The van der Waals surface area contributed by atoms with Crippen molar-refractivity contribution in [1.29, 1.82) is 0 Å². The normalized spacial score (nSPS) is 16.4. The molecule has 1 aliphatic heterocycles. The average molecular weight is 484 g/mol. The van der Waals surface area contributed by atoms with E-state index in [1.54, 1.807) is 44.4 Å². The van der Waals surface area contributed by atoms with Gasteiger partial charge in [0, 0.05) is 38.4 Å². The highest BCUT2D eigenvalue weighted by Crippen LogP contribution is 2.32. The van der Waals surface area contributed by atoms with Gasteiger partial charge >= 0.3 is 0 Å². The van der Waals surface area contributed by atoms with E-state index in [0.29, 0.717) is 24.2 Å². The first kappa shape index (κ1) is 24.0. The SMILES string of the molecule is Cc1ccccc1C(c1cnccn1)N(C)C(=O)C1CCN(S(=O)(=O)c2c(C)noc2C)CC1. The molecule has 180 valence electrons. The minimum absolute atomic E-state index is 0.0340. The van der Waals surface area contributed by atoms with Gasteiger partial charge in [0.05, 0.1) is 11.9 Å². The quantitative estimate of drug-likeness (QED) is 0.530. The summed E-state index contributed by atoms with van der Waals surface area (Å²) in [5.41, 5.74) is 3.07. The van der Waals surface area contributed by atoms with Crippen molar-refractivity contribution in [2.24, 2.45) is 5.92 Å². The Hall–Kier alpha value is -3.11. The van der Waals surface area contributed by atoms with Crippen LogP contribution in [0, 0.1) is 26.7 Å². The average Bonchev–Trinajstić information content (AvgIpc) is 3.19. The fourth-order valence-corrected chi connectivity index (χ4v) is 6.40. The van der Waals surface area contributed by atoms with Crippen LogP contribution in [0.5, 0.6) is 0 Å². The number of hydrogen-bond acceptors (Lipinski definition) is 7. The lowest BCUT2D eigenvalue weighted by Gasteiger charge is -2.35.